The van der Waals surface area contributed by atoms with Crippen molar-refractivity contribution in [2.75, 3.05) is 36.4 Å². The average molecular weight is 479 g/mol. The van der Waals surface area contributed by atoms with E-state index < -0.39 is 5.82 Å². The van der Waals surface area contributed by atoms with Gasteiger partial charge in [0.05, 0.1) is 17.8 Å². The first-order chi connectivity index (χ1) is 16.6. The smallest absolute Gasteiger partial charge is 0.261 e. The number of carbonyl (C=O) groups excluding carboxylic acids is 2. The molecule has 0 atom stereocenters. The van der Waals surface area contributed by atoms with E-state index in [9.17, 15) is 14.0 Å². The summed E-state index contributed by atoms with van der Waals surface area (Å²) in [6.45, 7) is 2.87. The van der Waals surface area contributed by atoms with Crippen LogP contribution in [0.3, 0.4) is 0 Å². The van der Waals surface area contributed by atoms with E-state index in [4.69, 9.17) is 0 Å². The van der Waals surface area contributed by atoms with Gasteiger partial charge >= 0.3 is 0 Å². The minimum atomic E-state index is -0.509. The molecule has 3 heterocycles. The molecular formula is C26H27FN4O2S. The Morgan fingerprint density at radius 2 is 1.82 bits per heavy atom. The zero-order valence-corrected chi connectivity index (χ0v) is 19.7. The van der Waals surface area contributed by atoms with Crippen LogP contribution in [0.1, 0.15) is 41.6 Å². The Hall–Kier alpha value is -3.10. The average Bonchev–Trinajstić information content (AvgIpc) is 3.39. The van der Waals surface area contributed by atoms with Crippen molar-refractivity contribution < 1.29 is 14.0 Å². The summed E-state index contributed by atoms with van der Waals surface area (Å²) in [6, 6.07) is 11.9. The first-order valence-electron chi connectivity index (χ1n) is 11.8. The van der Waals surface area contributed by atoms with Gasteiger partial charge in [0.25, 0.3) is 5.91 Å². The summed E-state index contributed by atoms with van der Waals surface area (Å²) in [5.74, 6) is -0.864. The van der Waals surface area contributed by atoms with Gasteiger partial charge < -0.3 is 10.2 Å². The number of carbonyl (C=O) groups is 2. The lowest BCUT2D eigenvalue weighted by Crippen LogP contribution is -2.33. The number of thiazole rings is 1. The predicted molar refractivity (Wildman–Crippen MR) is 133 cm³/mol. The molecule has 3 aromatic rings. The largest absolute Gasteiger partial charge is 0.308 e. The second-order valence-corrected chi connectivity index (χ2v) is 9.66. The molecule has 5 rings (SSSR count). The molecule has 1 aromatic heterocycles. The number of rotatable bonds is 5. The number of amides is 2. The van der Waals surface area contributed by atoms with Gasteiger partial charge in [-0.15, -0.1) is 11.3 Å². The van der Waals surface area contributed by atoms with Crippen LogP contribution in [-0.2, 0) is 11.2 Å². The van der Waals surface area contributed by atoms with Crippen molar-refractivity contribution in [1.29, 1.82) is 0 Å². The predicted octanol–water partition coefficient (Wildman–Crippen LogP) is 4.97. The lowest BCUT2D eigenvalue weighted by atomic mass is 10.1. The second kappa shape index (κ2) is 10.0. The Bertz CT molecular complexity index is 1200. The second-order valence-electron chi connectivity index (χ2n) is 8.81. The van der Waals surface area contributed by atoms with E-state index in [-0.39, 0.29) is 17.4 Å². The molecule has 0 radical (unpaired) electrons. The fourth-order valence-corrected chi connectivity index (χ4v) is 5.41. The fourth-order valence-electron chi connectivity index (χ4n) is 4.67. The Morgan fingerprint density at radius 1 is 1.03 bits per heavy atom. The summed E-state index contributed by atoms with van der Waals surface area (Å²) in [5, 5.41) is 5.46. The molecule has 176 valence electrons. The third kappa shape index (κ3) is 4.88. The van der Waals surface area contributed by atoms with Gasteiger partial charge in [0.15, 0.2) is 5.13 Å². The molecule has 1 fully saturated rings. The highest BCUT2D eigenvalue weighted by molar-refractivity contribution is 7.14. The maximum atomic E-state index is 14.1. The van der Waals surface area contributed by atoms with E-state index in [2.05, 4.69) is 15.2 Å². The molecule has 2 aliphatic heterocycles. The summed E-state index contributed by atoms with van der Waals surface area (Å²) < 4.78 is 14.1. The summed E-state index contributed by atoms with van der Waals surface area (Å²) >= 11 is 1.41. The molecule has 2 aromatic carbocycles. The molecule has 34 heavy (non-hydrogen) atoms. The SMILES string of the molecule is O=C(CN1CCCCCC1)Nc1nc(-c2ccc3c(c2)CCN3C(=O)c2ccccc2F)cs1. The van der Waals surface area contributed by atoms with Crippen LogP contribution in [0.5, 0.6) is 0 Å². The van der Waals surface area contributed by atoms with Crippen molar-refractivity contribution in [1.82, 2.24) is 9.88 Å². The number of hydrogen-bond donors (Lipinski definition) is 1. The standard InChI is InChI=1S/C26H27FN4O2S/c27-21-8-4-3-7-20(21)25(33)31-14-11-19-15-18(9-10-23(19)31)22-17-34-26(28-22)29-24(32)16-30-12-5-1-2-6-13-30/h3-4,7-10,15,17H,1-2,5-6,11-14,16H2,(H,28,29,32). The van der Waals surface area contributed by atoms with Gasteiger partial charge in [0.2, 0.25) is 5.91 Å². The van der Waals surface area contributed by atoms with Gasteiger partial charge in [-0.1, -0.05) is 31.0 Å². The Morgan fingerprint density at radius 3 is 2.62 bits per heavy atom. The molecule has 2 amide bonds. The van der Waals surface area contributed by atoms with E-state index in [1.54, 1.807) is 17.0 Å². The molecule has 1 saturated heterocycles. The highest BCUT2D eigenvalue weighted by Gasteiger charge is 2.27. The van der Waals surface area contributed by atoms with Gasteiger partial charge in [0, 0.05) is 23.2 Å². The van der Waals surface area contributed by atoms with Crippen LogP contribution in [0.25, 0.3) is 11.3 Å². The summed E-state index contributed by atoms with van der Waals surface area (Å²) in [5.41, 5.74) is 3.64. The number of nitrogens with zero attached hydrogens (tertiary/aromatic N) is 3. The number of nitrogens with one attached hydrogen (secondary N) is 1. The van der Waals surface area contributed by atoms with Crippen molar-refractivity contribution >= 4 is 34.0 Å². The number of likely N-dealkylation sites (tertiary alicyclic amines) is 1. The molecule has 0 aliphatic carbocycles. The molecule has 0 spiro atoms. The highest BCUT2D eigenvalue weighted by Crippen LogP contribution is 2.34. The first kappa shape index (κ1) is 22.7. The normalized spacial score (nSPS) is 16.2. The third-order valence-electron chi connectivity index (χ3n) is 6.44. The zero-order chi connectivity index (χ0) is 23.5. The lowest BCUT2D eigenvalue weighted by Gasteiger charge is -2.18. The monoisotopic (exact) mass is 478 g/mol. The highest BCUT2D eigenvalue weighted by atomic mass is 32.1. The summed E-state index contributed by atoms with van der Waals surface area (Å²) in [6.07, 6.45) is 5.48. The number of fused-ring (bicyclic) bond motifs is 1. The van der Waals surface area contributed by atoms with Gasteiger partial charge in [-0.3, -0.25) is 14.5 Å². The van der Waals surface area contributed by atoms with Crippen molar-refractivity contribution in [3.63, 3.8) is 0 Å². The molecular weight excluding hydrogens is 451 g/mol. The van der Waals surface area contributed by atoms with E-state index in [1.165, 1.54) is 36.3 Å². The minimum absolute atomic E-state index is 0.0287. The molecule has 2 aliphatic rings. The van der Waals surface area contributed by atoms with Gasteiger partial charge in [-0.25, -0.2) is 9.37 Å². The topological polar surface area (TPSA) is 65.5 Å². The molecule has 0 unspecified atom stereocenters. The fraction of sp³-hybridized carbons (Fsp3) is 0.346. The van der Waals surface area contributed by atoms with Crippen molar-refractivity contribution in [2.24, 2.45) is 0 Å². The van der Waals surface area contributed by atoms with Crippen LogP contribution in [0.2, 0.25) is 0 Å². The van der Waals surface area contributed by atoms with Crippen molar-refractivity contribution in [2.45, 2.75) is 32.1 Å². The van der Waals surface area contributed by atoms with E-state index >= 15 is 0 Å². The lowest BCUT2D eigenvalue weighted by molar-refractivity contribution is -0.117. The molecule has 0 bridgehead atoms. The zero-order valence-electron chi connectivity index (χ0n) is 18.9. The van der Waals surface area contributed by atoms with E-state index in [0.717, 1.165) is 48.4 Å². The number of hydrogen-bond acceptors (Lipinski definition) is 5. The maximum Gasteiger partial charge on any atom is 0.261 e. The Labute approximate surface area is 202 Å². The Kier molecular flexibility index (Phi) is 6.69. The molecule has 0 saturated carbocycles. The van der Waals surface area contributed by atoms with Crippen LogP contribution in [0.4, 0.5) is 15.2 Å². The van der Waals surface area contributed by atoms with Gasteiger partial charge in [-0.2, -0.15) is 0 Å². The molecule has 1 N–H and O–H groups in total. The molecule has 6 nitrogen and oxygen atoms in total. The van der Waals surface area contributed by atoms with Crippen LogP contribution in [-0.4, -0.2) is 47.9 Å². The minimum Gasteiger partial charge on any atom is -0.308 e. The van der Waals surface area contributed by atoms with Gasteiger partial charge in [0.1, 0.15) is 5.82 Å². The number of halogens is 1. The van der Waals surface area contributed by atoms with Gasteiger partial charge in [-0.05, 0) is 62.2 Å². The van der Waals surface area contributed by atoms with E-state index in [0.29, 0.717) is 24.6 Å². The molecule has 8 heteroatoms. The van der Waals surface area contributed by atoms with Crippen molar-refractivity contribution in [3.05, 3.63) is 64.8 Å². The number of aromatic nitrogens is 1. The van der Waals surface area contributed by atoms with E-state index in [1.807, 2.05) is 23.6 Å². The maximum absolute atomic E-state index is 14.1. The first-order valence-corrected chi connectivity index (χ1v) is 12.6. The quantitative estimate of drug-likeness (QED) is 0.563. The van der Waals surface area contributed by atoms with Crippen LogP contribution in [0.15, 0.2) is 47.8 Å². The summed E-state index contributed by atoms with van der Waals surface area (Å²) in [7, 11) is 0. The number of benzene rings is 2. The van der Waals surface area contributed by atoms with Crippen molar-refractivity contribution in [3.8, 4) is 11.3 Å². The van der Waals surface area contributed by atoms with Crippen LogP contribution in [0, 0.1) is 5.82 Å². The Balaban J connectivity index is 1.26. The third-order valence-corrected chi connectivity index (χ3v) is 7.19. The van der Waals surface area contributed by atoms with Crippen LogP contribution >= 0.6 is 11.3 Å². The van der Waals surface area contributed by atoms with Crippen LogP contribution < -0.4 is 10.2 Å². The summed E-state index contributed by atoms with van der Waals surface area (Å²) in [4.78, 5) is 33.8. The number of anilines is 2.